The zero-order valence-electron chi connectivity index (χ0n) is 16.8. The maximum absolute atomic E-state index is 6.43. The fourth-order valence-corrected chi connectivity index (χ4v) is 4.07. The third-order valence-electron chi connectivity index (χ3n) is 4.53. The number of anilines is 1. The Kier molecular flexibility index (Phi) is 6.15. The molecule has 1 aliphatic rings. The lowest BCUT2D eigenvalue weighted by Crippen LogP contribution is -2.17. The Morgan fingerprint density at radius 2 is 2.00 bits per heavy atom. The van der Waals surface area contributed by atoms with E-state index < -0.39 is 6.23 Å². The fraction of sp³-hybridized carbons (Fsp3) is 0.286. The van der Waals surface area contributed by atoms with Gasteiger partial charge in [0.05, 0.1) is 19.2 Å². The summed E-state index contributed by atoms with van der Waals surface area (Å²) in [6.07, 6.45) is 0.453. The number of hydrogen-bond donors (Lipinski definition) is 1. The topological polar surface area (TPSA) is 78.4 Å². The first-order chi connectivity index (χ1) is 14.6. The van der Waals surface area contributed by atoms with Crippen LogP contribution < -0.4 is 19.5 Å². The Labute approximate surface area is 184 Å². The van der Waals surface area contributed by atoms with Crippen LogP contribution in [0.5, 0.6) is 17.4 Å². The van der Waals surface area contributed by atoms with Gasteiger partial charge in [0.1, 0.15) is 0 Å². The standard InChI is InChI=1S/C21H21ClN4O3S/c1-4-9-30-21-24-20-17(25-26-21)13-7-5-6-8-15(13)23-19(29-20)12-10-14(22)18(28-3)16(11-12)27-2/h5-8,10-11,19,23H,4,9H2,1-3H3. The van der Waals surface area contributed by atoms with E-state index in [1.165, 1.54) is 0 Å². The SMILES string of the molecule is CCCSc1nnc2c(n1)OC(c1cc(Cl)c(OC)c(OC)c1)Nc1ccccc1-2. The first-order valence-corrected chi connectivity index (χ1v) is 10.8. The Hall–Kier alpha value is -2.71. The lowest BCUT2D eigenvalue weighted by atomic mass is 10.1. The summed E-state index contributed by atoms with van der Waals surface area (Å²) < 4.78 is 17.1. The number of fused-ring (bicyclic) bond motifs is 3. The van der Waals surface area contributed by atoms with Gasteiger partial charge in [-0.25, -0.2) is 0 Å². The van der Waals surface area contributed by atoms with Crippen LogP contribution in [0.2, 0.25) is 5.02 Å². The summed E-state index contributed by atoms with van der Waals surface area (Å²) in [5, 5.41) is 13.1. The van der Waals surface area contributed by atoms with Crippen molar-refractivity contribution in [3.8, 4) is 28.6 Å². The summed E-state index contributed by atoms with van der Waals surface area (Å²) in [4.78, 5) is 4.62. The molecule has 1 atom stereocenters. The molecule has 7 nitrogen and oxygen atoms in total. The van der Waals surface area contributed by atoms with Gasteiger partial charge in [0.2, 0.25) is 11.0 Å². The van der Waals surface area contributed by atoms with Crippen molar-refractivity contribution in [1.82, 2.24) is 15.2 Å². The molecule has 0 saturated carbocycles. The van der Waals surface area contributed by atoms with Gasteiger partial charge in [-0.3, -0.25) is 0 Å². The quantitative estimate of drug-likeness (QED) is 0.519. The highest BCUT2D eigenvalue weighted by Crippen LogP contribution is 2.42. The normalized spacial score (nSPS) is 14.6. The maximum Gasteiger partial charge on any atom is 0.247 e. The molecule has 0 fully saturated rings. The van der Waals surface area contributed by atoms with Crippen molar-refractivity contribution in [3.05, 3.63) is 47.0 Å². The van der Waals surface area contributed by atoms with Crippen LogP contribution in [-0.4, -0.2) is 35.2 Å². The number of halogens is 1. The largest absolute Gasteiger partial charge is 0.493 e. The second-order valence-corrected chi connectivity index (χ2v) is 7.99. The van der Waals surface area contributed by atoms with Crippen molar-refractivity contribution in [2.75, 3.05) is 25.3 Å². The minimum Gasteiger partial charge on any atom is -0.493 e. The van der Waals surface area contributed by atoms with E-state index in [0.717, 1.165) is 29.0 Å². The maximum atomic E-state index is 6.43. The monoisotopic (exact) mass is 444 g/mol. The number of thioether (sulfide) groups is 1. The first-order valence-electron chi connectivity index (χ1n) is 9.46. The van der Waals surface area contributed by atoms with E-state index in [4.69, 9.17) is 25.8 Å². The summed E-state index contributed by atoms with van der Waals surface area (Å²) in [6.45, 7) is 2.11. The average molecular weight is 445 g/mol. The highest BCUT2D eigenvalue weighted by molar-refractivity contribution is 7.99. The van der Waals surface area contributed by atoms with E-state index in [1.807, 2.05) is 30.3 Å². The number of rotatable bonds is 6. The third kappa shape index (κ3) is 3.97. The summed E-state index contributed by atoms with van der Waals surface area (Å²) in [5.74, 6) is 2.31. The minimum atomic E-state index is -0.564. The number of methoxy groups -OCH3 is 2. The number of hydrogen-bond acceptors (Lipinski definition) is 8. The molecule has 1 unspecified atom stereocenters. The van der Waals surface area contributed by atoms with Gasteiger partial charge in [0.15, 0.2) is 23.4 Å². The Bertz CT molecular complexity index is 1070. The molecule has 0 bridgehead atoms. The molecule has 0 radical (unpaired) electrons. The van der Waals surface area contributed by atoms with Crippen molar-refractivity contribution < 1.29 is 14.2 Å². The van der Waals surface area contributed by atoms with Crippen LogP contribution >= 0.6 is 23.4 Å². The lowest BCUT2D eigenvalue weighted by molar-refractivity contribution is 0.224. The molecule has 3 aromatic rings. The number of nitrogens with one attached hydrogen (secondary N) is 1. The molecule has 1 N–H and O–H groups in total. The fourth-order valence-electron chi connectivity index (χ4n) is 3.14. The molecule has 30 heavy (non-hydrogen) atoms. The van der Waals surface area contributed by atoms with Crippen LogP contribution in [0.4, 0.5) is 5.69 Å². The summed E-state index contributed by atoms with van der Waals surface area (Å²) >= 11 is 7.98. The predicted octanol–water partition coefficient (Wildman–Crippen LogP) is 5.21. The van der Waals surface area contributed by atoms with Crippen molar-refractivity contribution in [3.63, 3.8) is 0 Å². The molecule has 2 heterocycles. The summed E-state index contributed by atoms with van der Waals surface area (Å²) in [6, 6.07) is 11.4. The average Bonchev–Trinajstić information content (AvgIpc) is 2.93. The molecule has 9 heteroatoms. The summed E-state index contributed by atoms with van der Waals surface area (Å²) in [7, 11) is 3.12. The first kappa shape index (κ1) is 20.6. The zero-order valence-corrected chi connectivity index (χ0v) is 18.4. The number of nitrogens with zero attached hydrogens (tertiary/aromatic N) is 3. The molecular weight excluding hydrogens is 424 g/mol. The number of benzene rings is 2. The Morgan fingerprint density at radius 1 is 1.17 bits per heavy atom. The molecule has 2 aromatic carbocycles. The molecule has 0 saturated heterocycles. The van der Waals surface area contributed by atoms with Crippen LogP contribution in [-0.2, 0) is 0 Å². The third-order valence-corrected chi connectivity index (χ3v) is 5.85. The second-order valence-electron chi connectivity index (χ2n) is 6.52. The minimum absolute atomic E-state index is 0.414. The van der Waals surface area contributed by atoms with Gasteiger partial charge in [-0.1, -0.05) is 48.5 Å². The molecule has 1 aliphatic heterocycles. The predicted molar refractivity (Wildman–Crippen MR) is 118 cm³/mol. The molecule has 1 aromatic heterocycles. The second kappa shape index (κ2) is 8.97. The zero-order chi connectivity index (χ0) is 21.1. The van der Waals surface area contributed by atoms with Crippen molar-refractivity contribution in [2.24, 2.45) is 0 Å². The van der Waals surface area contributed by atoms with Crippen molar-refractivity contribution in [2.45, 2.75) is 24.7 Å². The lowest BCUT2D eigenvalue weighted by Gasteiger charge is -2.21. The highest BCUT2D eigenvalue weighted by atomic mass is 35.5. The molecular formula is C21H21ClN4O3S. The van der Waals surface area contributed by atoms with Crippen molar-refractivity contribution >= 4 is 29.1 Å². The van der Waals surface area contributed by atoms with Gasteiger partial charge in [0.25, 0.3) is 0 Å². The van der Waals surface area contributed by atoms with Crippen LogP contribution in [0.3, 0.4) is 0 Å². The molecule has 156 valence electrons. The molecule has 0 aliphatic carbocycles. The Balaban J connectivity index is 1.80. The highest BCUT2D eigenvalue weighted by Gasteiger charge is 2.27. The molecule has 4 rings (SSSR count). The Morgan fingerprint density at radius 3 is 2.77 bits per heavy atom. The van der Waals surface area contributed by atoms with Crippen molar-refractivity contribution in [1.29, 1.82) is 0 Å². The van der Waals surface area contributed by atoms with E-state index in [0.29, 0.717) is 33.3 Å². The summed E-state index contributed by atoms with van der Waals surface area (Å²) in [5.41, 5.74) is 3.08. The number of para-hydroxylation sites is 1. The smallest absolute Gasteiger partial charge is 0.247 e. The van der Waals surface area contributed by atoms with E-state index in [9.17, 15) is 0 Å². The van der Waals surface area contributed by atoms with Gasteiger partial charge in [-0.05, 0) is 24.6 Å². The van der Waals surface area contributed by atoms with Gasteiger partial charge < -0.3 is 19.5 Å². The van der Waals surface area contributed by atoms with E-state index in [2.05, 4.69) is 27.4 Å². The van der Waals surface area contributed by atoms with E-state index >= 15 is 0 Å². The van der Waals surface area contributed by atoms with Crippen LogP contribution in [0, 0.1) is 0 Å². The van der Waals surface area contributed by atoms with Gasteiger partial charge in [-0.2, -0.15) is 4.98 Å². The van der Waals surface area contributed by atoms with Crippen LogP contribution in [0.25, 0.3) is 11.3 Å². The number of ether oxygens (including phenoxy) is 3. The van der Waals surface area contributed by atoms with Crippen LogP contribution in [0.1, 0.15) is 25.1 Å². The van der Waals surface area contributed by atoms with E-state index in [1.54, 1.807) is 32.0 Å². The molecule has 0 spiro atoms. The van der Waals surface area contributed by atoms with Gasteiger partial charge in [0, 0.05) is 22.6 Å². The van der Waals surface area contributed by atoms with Gasteiger partial charge in [-0.15, -0.1) is 10.2 Å². The van der Waals surface area contributed by atoms with E-state index in [-0.39, 0.29) is 0 Å². The van der Waals surface area contributed by atoms with Gasteiger partial charge >= 0.3 is 0 Å². The molecule has 0 amide bonds. The van der Waals surface area contributed by atoms with Crippen LogP contribution in [0.15, 0.2) is 41.6 Å². The number of aromatic nitrogens is 3.